The Labute approximate surface area is 97.0 Å². The standard InChI is InChI=1S/C13H19N3/c1-16(2)13(14)15-9-10-3-5-11(6-4-10)12-7-8-12/h3-6,12H,7-9H2,1-2H3,(H2,14,15). The molecule has 0 amide bonds. The summed E-state index contributed by atoms with van der Waals surface area (Å²) in [5, 5.41) is 0. The highest BCUT2D eigenvalue weighted by Crippen LogP contribution is 2.39. The summed E-state index contributed by atoms with van der Waals surface area (Å²) in [5.41, 5.74) is 8.41. The van der Waals surface area contributed by atoms with Crippen LogP contribution in [-0.2, 0) is 6.54 Å². The van der Waals surface area contributed by atoms with Crippen LogP contribution in [0.15, 0.2) is 29.3 Å². The van der Waals surface area contributed by atoms with Crippen LogP contribution >= 0.6 is 0 Å². The quantitative estimate of drug-likeness (QED) is 0.621. The molecule has 1 fully saturated rings. The topological polar surface area (TPSA) is 41.6 Å². The predicted octanol–water partition coefficient (Wildman–Crippen LogP) is 1.94. The fourth-order valence-electron chi connectivity index (χ4n) is 1.63. The summed E-state index contributed by atoms with van der Waals surface area (Å²) in [5.74, 6) is 1.40. The second-order valence-electron chi connectivity index (χ2n) is 4.58. The summed E-state index contributed by atoms with van der Waals surface area (Å²) in [6.45, 7) is 0.662. The van der Waals surface area contributed by atoms with E-state index in [4.69, 9.17) is 5.73 Å². The number of aliphatic imine (C=N–C) groups is 1. The van der Waals surface area contributed by atoms with Crippen LogP contribution in [0, 0.1) is 0 Å². The van der Waals surface area contributed by atoms with Crippen LogP contribution in [0.1, 0.15) is 29.9 Å². The zero-order valence-corrected chi connectivity index (χ0v) is 9.98. The van der Waals surface area contributed by atoms with E-state index < -0.39 is 0 Å². The Balaban J connectivity index is 1.97. The molecule has 3 heteroatoms. The molecule has 0 saturated heterocycles. The molecule has 0 spiro atoms. The summed E-state index contributed by atoms with van der Waals surface area (Å²) >= 11 is 0. The first-order valence-corrected chi connectivity index (χ1v) is 5.73. The number of rotatable bonds is 3. The Kier molecular flexibility index (Phi) is 3.13. The summed E-state index contributed by atoms with van der Waals surface area (Å²) in [6, 6.07) is 8.74. The third-order valence-electron chi connectivity index (χ3n) is 2.91. The molecule has 0 unspecified atom stereocenters. The Hall–Kier alpha value is -1.51. The normalized spacial score (nSPS) is 16.2. The van der Waals surface area contributed by atoms with Crippen molar-refractivity contribution in [1.29, 1.82) is 0 Å². The van der Waals surface area contributed by atoms with Gasteiger partial charge in [-0.3, -0.25) is 0 Å². The monoisotopic (exact) mass is 217 g/mol. The number of nitrogens with two attached hydrogens (primary N) is 1. The van der Waals surface area contributed by atoms with Gasteiger partial charge < -0.3 is 10.6 Å². The summed E-state index contributed by atoms with van der Waals surface area (Å²) in [6.07, 6.45) is 2.70. The van der Waals surface area contributed by atoms with Crippen LogP contribution in [0.4, 0.5) is 0 Å². The van der Waals surface area contributed by atoms with Gasteiger partial charge in [-0.1, -0.05) is 24.3 Å². The van der Waals surface area contributed by atoms with Gasteiger partial charge >= 0.3 is 0 Å². The van der Waals surface area contributed by atoms with Crippen LogP contribution in [0.2, 0.25) is 0 Å². The molecule has 0 aliphatic heterocycles. The third-order valence-corrected chi connectivity index (χ3v) is 2.91. The molecule has 0 radical (unpaired) electrons. The van der Waals surface area contributed by atoms with Crippen molar-refractivity contribution >= 4 is 5.96 Å². The zero-order valence-electron chi connectivity index (χ0n) is 9.98. The first-order chi connectivity index (χ1) is 7.66. The van der Waals surface area contributed by atoms with Crippen molar-refractivity contribution in [2.24, 2.45) is 10.7 Å². The number of hydrogen-bond acceptors (Lipinski definition) is 1. The predicted molar refractivity (Wildman–Crippen MR) is 67.4 cm³/mol. The van der Waals surface area contributed by atoms with Gasteiger partial charge in [-0.2, -0.15) is 0 Å². The summed E-state index contributed by atoms with van der Waals surface area (Å²) < 4.78 is 0. The maximum atomic E-state index is 5.73. The van der Waals surface area contributed by atoms with Gasteiger partial charge in [0.15, 0.2) is 5.96 Å². The molecule has 16 heavy (non-hydrogen) atoms. The number of benzene rings is 1. The molecule has 0 atom stereocenters. The second kappa shape index (κ2) is 4.56. The van der Waals surface area contributed by atoms with E-state index >= 15 is 0 Å². The lowest BCUT2D eigenvalue weighted by Crippen LogP contribution is -2.30. The number of nitrogens with zero attached hydrogens (tertiary/aromatic N) is 2. The fraction of sp³-hybridized carbons (Fsp3) is 0.462. The van der Waals surface area contributed by atoms with Crippen molar-refractivity contribution in [3.05, 3.63) is 35.4 Å². The molecule has 0 bridgehead atoms. The minimum absolute atomic E-state index is 0.575. The van der Waals surface area contributed by atoms with Gasteiger partial charge in [0, 0.05) is 14.1 Å². The van der Waals surface area contributed by atoms with E-state index in [-0.39, 0.29) is 0 Å². The van der Waals surface area contributed by atoms with E-state index in [1.165, 1.54) is 24.0 Å². The fourth-order valence-corrected chi connectivity index (χ4v) is 1.63. The molecule has 0 heterocycles. The SMILES string of the molecule is CN(C)C(N)=NCc1ccc(C2CC2)cc1. The number of hydrogen-bond donors (Lipinski definition) is 1. The van der Waals surface area contributed by atoms with E-state index in [2.05, 4.69) is 29.3 Å². The Bertz CT molecular complexity index is 375. The summed E-state index contributed by atoms with van der Waals surface area (Å²) in [4.78, 5) is 6.12. The third kappa shape index (κ3) is 2.75. The van der Waals surface area contributed by atoms with E-state index in [0.717, 1.165) is 5.92 Å². The van der Waals surface area contributed by atoms with Crippen molar-refractivity contribution < 1.29 is 0 Å². The van der Waals surface area contributed by atoms with Gasteiger partial charge in [-0.25, -0.2) is 4.99 Å². The molecular formula is C13H19N3. The molecule has 1 aliphatic carbocycles. The highest BCUT2D eigenvalue weighted by atomic mass is 15.2. The molecule has 1 aliphatic rings. The highest BCUT2D eigenvalue weighted by molar-refractivity contribution is 5.77. The van der Waals surface area contributed by atoms with Gasteiger partial charge in [0.2, 0.25) is 0 Å². The van der Waals surface area contributed by atoms with Gasteiger partial charge in [-0.15, -0.1) is 0 Å². The minimum Gasteiger partial charge on any atom is -0.370 e. The Morgan fingerprint density at radius 1 is 1.31 bits per heavy atom. The molecular weight excluding hydrogens is 198 g/mol. The largest absolute Gasteiger partial charge is 0.370 e. The minimum atomic E-state index is 0.575. The van der Waals surface area contributed by atoms with Crippen LogP contribution in [-0.4, -0.2) is 25.0 Å². The van der Waals surface area contributed by atoms with Crippen molar-refractivity contribution in [3.8, 4) is 0 Å². The molecule has 0 aromatic heterocycles. The maximum absolute atomic E-state index is 5.73. The lowest BCUT2D eigenvalue weighted by atomic mass is 10.1. The first-order valence-electron chi connectivity index (χ1n) is 5.73. The van der Waals surface area contributed by atoms with Gasteiger partial charge in [0.1, 0.15) is 0 Å². The Morgan fingerprint density at radius 3 is 2.44 bits per heavy atom. The average molecular weight is 217 g/mol. The smallest absolute Gasteiger partial charge is 0.191 e. The van der Waals surface area contributed by atoms with Crippen molar-refractivity contribution in [2.45, 2.75) is 25.3 Å². The van der Waals surface area contributed by atoms with Crippen LogP contribution < -0.4 is 5.73 Å². The average Bonchev–Trinajstić information content (AvgIpc) is 3.10. The van der Waals surface area contributed by atoms with Crippen LogP contribution in [0.25, 0.3) is 0 Å². The molecule has 3 nitrogen and oxygen atoms in total. The van der Waals surface area contributed by atoms with Crippen molar-refractivity contribution in [1.82, 2.24) is 4.90 Å². The molecule has 1 aromatic rings. The van der Waals surface area contributed by atoms with Gasteiger partial charge in [0.05, 0.1) is 6.54 Å². The molecule has 2 rings (SSSR count). The zero-order chi connectivity index (χ0) is 11.5. The summed E-state index contributed by atoms with van der Waals surface area (Å²) in [7, 11) is 3.80. The maximum Gasteiger partial charge on any atom is 0.191 e. The van der Waals surface area contributed by atoms with Crippen LogP contribution in [0.5, 0.6) is 0 Å². The lowest BCUT2D eigenvalue weighted by Gasteiger charge is -2.10. The molecule has 1 saturated carbocycles. The van der Waals surface area contributed by atoms with Crippen molar-refractivity contribution in [3.63, 3.8) is 0 Å². The second-order valence-corrected chi connectivity index (χ2v) is 4.58. The van der Waals surface area contributed by atoms with Crippen molar-refractivity contribution in [2.75, 3.05) is 14.1 Å². The van der Waals surface area contributed by atoms with Gasteiger partial charge in [0.25, 0.3) is 0 Å². The molecule has 86 valence electrons. The van der Waals surface area contributed by atoms with E-state index in [1.54, 1.807) is 0 Å². The van der Waals surface area contributed by atoms with E-state index in [1.807, 2.05) is 19.0 Å². The van der Waals surface area contributed by atoms with Gasteiger partial charge in [-0.05, 0) is 29.9 Å². The van der Waals surface area contributed by atoms with E-state index in [9.17, 15) is 0 Å². The Morgan fingerprint density at radius 2 is 1.94 bits per heavy atom. The molecule has 2 N–H and O–H groups in total. The molecule has 1 aromatic carbocycles. The van der Waals surface area contributed by atoms with Crippen LogP contribution in [0.3, 0.4) is 0 Å². The first kappa shape index (κ1) is 11.0. The number of guanidine groups is 1. The van der Waals surface area contributed by atoms with E-state index in [0.29, 0.717) is 12.5 Å². The highest BCUT2D eigenvalue weighted by Gasteiger charge is 2.22. The lowest BCUT2D eigenvalue weighted by molar-refractivity contribution is 0.609.